The van der Waals surface area contributed by atoms with Crippen molar-refractivity contribution in [3.8, 4) is 5.75 Å². The van der Waals surface area contributed by atoms with Gasteiger partial charge in [-0.05, 0) is 48.0 Å². The number of carbonyl (C=O) groups excluding carboxylic acids is 1. The number of esters is 1. The van der Waals surface area contributed by atoms with Crippen LogP contribution in [-0.4, -0.2) is 32.9 Å². The topological polar surface area (TPSA) is 86.1 Å². The first-order valence-electron chi connectivity index (χ1n) is 8.76. The van der Waals surface area contributed by atoms with Crippen LogP contribution in [0.4, 0.5) is 0 Å². The molecule has 29 heavy (non-hydrogen) atoms. The minimum Gasteiger partial charge on any atom is -0.497 e. The number of hydrogen-bond donors (Lipinski definition) is 0. The zero-order valence-corrected chi connectivity index (χ0v) is 16.9. The second-order valence-corrected chi connectivity index (χ2v) is 8.21. The summed E-state index contributed by atoms with van der Waals surface area (Å²) in [6.45, 7) is 0.305. The molecule has 0 bridgehead atoms. The maximum atomic E-state index is 13.3. The van der Waals surface area contributed by atoms with Gasteiger partial charge in [0, 0.05) is 18.7 Å². The van der Waals surface area contributed by atoms with Crippen molar-refractivity contribution >= 4 is 16.0 Å². The number of carbonyl (C=O) groups is 1. The third-order valence-electron chi connectivity index (χ3n) is 4.37. The molecule has 8 heteroatoms. The summed E-state index contributed by atoms with van der Waals surface area (Å²) in [4.78, 5) is 11.7. The molecule has 0 spiro atoms. The van der Waals surface area contributed by atoms with E-state index >= 15 is 0 Å². The maximum absolute atomic E-state index is 13.3. The van der Waals surface area contributed by atoms with E-state index in [1.54, 1.807) is 25.3 Å². The van der Waals surface area contributed by atoms with E-state index in [0.29, 0.717) is 5.75 Å². The zero-order valence-electron chi connectivity index (χ0n) is 16.1. The molecule has 0 aliphatic carbocycles. The molecule has 152 valence electrons. The van der Waals surface area contributed by atoms with Crippen molar-refractivity contribution in [3.05, 3.63) is 83.8 Å². The molecule has 0 saturated carbocycles. The first kappa shape index (κ1) is 20.6. The highest BCUT2D eigenvalue weighted by Gasteiger charge is 2.25. The smallest absolute Gasteiger partial charge is 0.337 e. The molecule has 1 aromatic heterocycles. The molecule has 0 atom stereocenters. The summed E-state index contributed by atoms with van der Waals surface area (Å²) in [5.74, 6) is 0.166. The summed E-state index contributed by atoms with van der Waals surface area (Å²) >= 11 is 0. The van der Waals surface area contributed by atoms with Crippen LogP contribution in [0.15, 0.2) is 76.4 Å². The van der Waals surface area contributed by atoms with Crippen molar-refractivity contribution in [2.75, 3.05) is 14.2 Å². The second kappa shape index (κ2) is 8.93. The molecule has 0 amide bonds. The van der Waals surface area contributed by atoms with Crippen molar-refractivity contribution in [3.63, 3.8) is 0 Å². The van der Waals surface area contributed by atoms with Gasteiger partial charge in [-0.15, -0.1) is 0 Å². The van der Waals surface area contributed by atoms with Crippen molar-refractivity contribution in [2.24, 2.45) is 0 Å². The third kappa shape index (κ3) is 4.85. The lowest BCUT2D eigenvalue weighted by molar-refractivity contribution is 0.0600. The van der Waals surface area contributed by atoms with E-state index in [2.05, 4.69) is 4.74 Å². The van der Waals surface area contributed by atoms with Crippen molar-refractivity contribution in [1.82, 2.24) is 4.31 Å². The van der Waals surface area contributed by atoms with E-state index in [0.717, 1.165) is 11.1 Å². The second-order valence-electron chi connectivity index (χ2n) is 6.27. The molecular weight excluding hydrogens is 394 g/mol. The van der Waals surface area contributed by atoms with Crippen LogP contribution in [0.3, 0.4) is 0 Å². The summed E-state index contributed by atoms with van der Waals surface area (Å²) in [6, 6.07) is 14.6. The lowest BCUT2D eigenvalue weighted by Crippen LogP contribution is -2.30. The van der Waals surface area contributed by atoms with Crippen molar-refractivity contribution in [2.45, 2.75) is 18.0 Å². The molecule has 0 aliphatic heterocycles. The maximum Gasteiger partial charge on any atom is 0.337 e. The summed E-state index contributed by atoms with van der Waals surface area (Å²) < 4.78 is 42.8. The first-order chi connectivity index (χ1) is 13.9. The molecule has 0 saturated heterocycles. The summed E-state index contributed by atoms with van der Waals surface area (Å²) in [5, 5.41) is 0. The fourth-order valence-electron chi connectivity index (χ4n) is 2.78. The van der Waals surface area contributed by atoms with Crippen LogP contribution in [-0.2, 0) is 27.8 Å². The third-order valence-corrected chi connectivity index (χ3v) is 6.18. The summed E-state index contributed by atoms with van der Waals surface area (Å²) in [5.41, 5.74) is 1.82. The Morgan fingerprint density at radius 2 is 1.59 bits per heavy atom. The fourth-order valence-corrected chi connectivity index (χ4v) is 4.19. The quantitative estimate of drug-likeness (QED) is 0.524. The Hall–Kier alpha value is -3.10. The van der Waals surface area contributed by atoms with Gasteiger partial charge in [0.05, 0.1) is 37.2 Å². The van der Waals surface area contributed by atoms with E-state index < -0.39 is 16.0 Å². The van der Waals surface area contributed by atoms with E-state index in [4.69, 9.17) is 9.15 Å². The minimum atomic E-state index is -3.83. The Bertz CT molecular complexity index is 1040. The average Bonchev–Trinajstić information content (AvgIpc) is 3.26. The number of furan rings is 1. The monoisotopic (exact) mass is 415 g/mol. The van der Waals surface area contributed by atoms with Gasteiger partial charge in [0.1, 0.15) is 5.75 Å². The van der Waals surface area contributed by atoms with Crippen LogP contribution in [0.25, 0.3) is 0 Å². The largest absolute Gasteiger partial charge is 0.497 e. The molecule has 0 N–H and O–H groups in total. The Balaban J connectivity index is 1.91. The number of benzene rings is 2. The molecule has 0 aliphatic rings. The molecule has 7 nitrogen and oxygen atoms in total. The Labute approximate surface area is 169 Å². The highest BCUT2D eigenvalue weighted by Crippen LogP contribution is 2.23. The van der Waals surface area contributed by atoms with Gasteiger partial charge in [0.2, 0.25) is 10.0 Å². The number of nitrogens with zero attached hydrogens (tertiary/aromatic N) is 1. The zero-order chi connectivity index (χ0) is 20.9. The normalized spacial score (nSPS) is 11.4. The predicted octanol–water partition coefficient (Wildman–Crippen LogP) is 3.47. The van der Waals surface area contributed by atoms with Crippen LogP contribution in [0, 0.1) is 0 Å². The van der Waals surface area contributed by atoms with Gasteiger partial charge in [0.15, 0.2) is 0 Å². The Morgan fingerprint density at radius 1 is 0.931 bits per heavy atom. The molecule has 0 radical (unpaired) electrons. The minimum absolute atomic E-state index is 0.0853. The Kier molecular flexibility index (Phi) is 6.36. The summed E-state index contributed by atoms with van der Waals surface area (Å²) in [6.07, 6.45) is 3.01. The lowest BCUT2D eigenvalue weighted by Gasteiger charge is -2.22. The summed E-state index contributed by atoms with van der Waals surface area (Å²) in [7, 11) is -0.988. The molecule has 3 aromatic rings. The van der Waals surface area contributed by atoms with Gasteiger partial charge < -0.3 is 13.9 Å². The lowest BCUT2D eigenvalue weighted by atomic mass is 10.2. The molecule has 0 unspecified atom stereocenters. The highest BCUT2D eigenvalue weighted by molar-refractivity contribution is 7.89. The van der Waals surface area contributed by atoms with Crippen molar-refractivity contribution in [1.29, 1.82) is 0 Å². The van der Waals surface area contributed by atoms with E-state index in [-0.39, 0.29) is 23.5 Å². The molecule has 2 aromatic carbocycles. The average molecular weight is 415 g/mol. The number of sulfonamides is 1. The van der Waals surface area contributed by atoms with E-state index in [9.17, 15) is 13.2 Å². The first-order valence-corrected chi connectivity index (χ1v) is 10.2. The van der Waals surface area contributed by atoms with Gasteiger partial charge in [0.25, 0.3) is 0 Å². The molecular formula is C21H21NO6S. The van der Waals surface area contributed by atoms with Gasteiger partial charge >= 0.3 is 5.97 Å². The molecule has 3 rings (SSSR count). The van der Waals surface area contributed by atoms with Crippen LogP contribution < -0.4 is 4.74 Å². The predicted molar refractivity (Wildman–Crippen MR) is 106 cm³/mol. The molecule has 0 fully saturated rings. The van der Waals surface area contributed by atoms with Crippen LogP contribution in [0.5, 0.6) is 5.75 Å². The standard InChI is InChI=1S/C21H21NO6S/c1-26-19-7-3-16(4-8-19)13-22(14-17-11-12-28-15-17)29(24,25)20-9-5-18(6-10-20)21(23)27-2/h3-12,15H,13-14H2,1-2H3. The van der Waals surface area contributed by atoms with Gasteiger partial charge in [-0.1, -0.05) is 12.1 Å². The van der Waals surface area contributed by atoms with Crippen LogP contribution in [0.2, 0.25) is 0 Å². The van der Waals surface area contributed by atoms with Crippen LogP contribution in [0.1, 0.15) is 21.5 Å². The van der Waals surface area contributed by atoms with Gasteiger partial charge in [-0.25, -0.2) is 13.2 Å². The van der Waals surface area contributed by atoms with E-state index in [1.165, 1.54) is 48.2 Å². The number of hydrogen-bond acceptors (Lipinski definition) is 6. The number of methoxy groups -OCH3 is 2. The number of ether oxygens (including phenoxy) is 2. The van der Waals surface area contributed by atoms with Crippen LogP contribution >= 0.6 is 0 Å². The van der Waals surface area contributed by atoms with Crippen molar-refractivity contribution < 1.29 is 27.1 Å². The Morgan fingerprint density at radius 3 is 2.14 bits per heavy atom. The SMILES string of the molecule is COC(=O)c1ccc(S(=O)(=O)N(Cc2ccc(OC)cc2)Cc2ccoc2)cc1. The van der Waals surface area contributed by atoms with Gasteiger partial charge in [-0.2, -0.15) is 4.31 Å². The van der Waals surface area contributed by atoms with E-state index in [1.807, 2.05) is 12.1 Å². The molecule has 1 heterocycles. The van der Waals surface area contributed by atoms with Gasteiger partial charge in [-0.3, -0.25) is 0 Å². The highest BCUT2D eigenvalue weighted by atomic mass is 32.2. The fraction of sp³-hybridized carbons (Fsp3) is 0.190. The number of rotatable bonds is 8.